The number of nitrogens with two attached hydrogens (primary N) is 1. The minimum Gasteiger partial charge on any atom is -0.353 e. The van der Waals surface area contributed by atoms with Crippen LogP contribution in [0.4, 0.5) is 13.2 Å². The van der Waals surface area contributed by atoms with Crippen molar-refractivity contribution in [1.29, 1.82) is 0 Å². The molecule has 0 bridgehead atoms. The van der Waals surface area contributed by atoms with E-state index in [9.17, 15) is 13.2 Å². The number of unbranched alkanes of at least 4 members (excludes halogenated alkanes) is 5. The fraction of sp³-hybridized carbons (Fsp3) is 0.960. The van der Waals surface area contributed by atoms with E-state index < -0.39 is 18.4 Å². The lowest BCUT2D eigenvalue weighted by molar-refractivity contribution is -0.526. The van der Waals surface area contributed by atoms with Crippen LogP contribution >= 0.6 is 0 Å². The van der Waals surface area contributed by atoms with E-state index in [0.717, 1.165) is 51.4 Å². The molecule has 0 aromatic heterocycles. The molecule has 2 N–H and O–H groups in total. The highest BCUT2D eigenvalue weighted by molar-refractivity contribution is 5.72. The SMILES string of the molecule is CCCCCCCCC(CCC(F)(F)F)C(C)(OC)OC.CCN(CC)C(N)=[N+](CC)CC. The summed E-state index contributed by atoms with van der Waals surface area (Å²) in [6, 6.07) is 0. The van der Waals surface area contributed by atoms with Crippen molar-refractivity contribution in [3.8, 4) is 0 Å². The average Bonchev–Trinajstić information content (AvgIpc) is 2.79. The van der Waals surface area contributed by atoms with Crippen LogP contribution in [0.3, 0.4) is 0 Å². The summed E-state index contributed by atoms with van der Waals surface area (Å²) in [5.74, 6) is -0.264. The lowest BCUT2D eigenvalue weighted by Crippen LogP contribution is -2.44. The molecular formula is C25H53F3N3O2+. The van der Waals surface area contributed by atoms with Crippen LogP contribution in [0.5, 0.6) is 0 Å². The van der Waals surface area contributed by atoms with E-state index in [0.29, 0.717) is 6.42 Å². The monoisotopic (exact) mass is 484 g/mol. The number of hydrogen-bond donors (Lipinski definition) is 1. The highest BCUT2D eigenvalue weighted by Crippen LogP contribution is 2.34. The molecule has 1 unspecified atom stereocenters. The zero-order valence-corrected chi connectivity index (χ0v) is 22.7. The van der Waals surface area contributed by atoms with Crippen molar-refractivity contribution in [2.75, 3.05) is 40.4 Å². The van der Waals surface area contributed by atoms with Gasteiger partial charge >= 0.3 is 12.1 Å². The van der Waals surface area contributed by atoms with Gasteiger partial charge < -0.3 is 9.47 Å². The van der Waals surface area contributed by atoms with Crippen LogP contribution in [0.2, 0.25) is 0 Å². The molecule has 200 valence electrons. The van der Waals surface area contributed by atoms with Crippen LogP contribution in [0, 0.1) is 5.92 Å². The molecule has 33 heavy (non-hydrogen) atoms. The highest BCUT2D eigenvalue weighted by Gasteiger charge is 2.37. The molecule has 0 saturated heterocycles. The molecule has 0 aliphatic carbocycles. The normalized spacial score (nSPS) is 12.7. The van der Waals surface area contributed by atoms with E-state index in [2.05, 4.69) is 44.1 Å². The van der Waals surface area contributed by atoms with Crippen molar-refractivity contribution in [2.24, 2.45) is 11.7 Å². The van der Waals surface area contributed by atoms with Gasteiger partial charge in [0.25, 0.3) is 0 Å². The molecule has 1 atom stereocenters. The maximum Gasteiger partial charge on any atom is 0.389 e. The van der Waals surface area contributed by atoms with Gasteiger partial charge in [-0.25, -0.2) is 0 Å². The van der Waals surface area contributed by atoms with E-state index in [-0.39, 0.29) is 12.3 Å². The molecule has 8 heteroatoms. The molecule has 0 aromatic carbocycles. The third kappa shape index (κ3) is 15.5. The summed E-state index contributed by atoms with van der Waals surface area (Å²) in [5.41, 5.74) is 5.97. The Kier molecular flexibility index (Phi) is 20.0. The van der Waals surface area contributed by atoms with Crippen molar-refractivity contribution in [3.63, 3.8) is 0 Å². The molecule has 0 aliphatic rings. The van der Waals surface area contributed by atoms with Crippen molar-refractivity contribution < 1.29 is 27.2 Å². The van der Waals surface area contributed by atoms with Gasteiger partial charge in [0.05, 0.1) is 26.2 Å². The molecule has 0 fully saturated rings. The summed E-state index contributed by atoms with van der Waals surface area (Å²) >= 11 is 0. The van der Waals surface area contributed by atoms with Gasteiger partial charge in [0.2, 0.25) is 0 Å². The Bertz CT molecular complexity index is 486. The van der Waals surface area contributed by atoms with E-state index >= 15 is 0 Å². The number of halogens is 3. The summed E-state index contributed by atoms with van der Waals surface area (Å²) in [5, 5.41) is 0. The zero-order valence-electron chi connectivity index (χ0n) is 22.7. The Morgan fingerprint density at radius 2 is 1.33 bits per heavy atom. The predicted octanol–water partition coefficient (Wildman–Crippen LogP) is 6.40. The number of ether oxygens (including phenoxy) is 2. The molecule has 0 spiro atoms. The van der Waals surface area contributed by atoms with Crippen molar-refractivity contribution in [1.82, 2.24) is 4.90 Å². The summed E-state index contributed by atoms with van der Waals surface area (Å²) in [7, 11) is 2.98. The first kappa shape index (κ1) is 34.1. The first-order valence-corrected chi connectivity index (χ1v) is 12.8. The Hall–Kier alpha value is -1.02. The number of hydrogen-bond acceptors (Lipinski definition) is 2. The van der Waals surface area contributed by atoms with Crippen molar-refractivity contribution in [3.05, 3.63) is 0 Å². The second kappa shape index (κ2) is 19.3. The standard InChI is InChI=1S/C16H31F3O2.C9H21N3/c1-5-6-7-8-9-10-11-14(12-13-16(17,18)19)15(2,20-3)21-4;1-5-11(6-2)9(10)12(7-3)8-4/h14H,5-13H2,1-4H3;10H,5-8H2,1-4H3/p+1. The van der Waals surface area contributed by atoms with Crippen LogP contribution in [-0.2, 0) is 9.47 Å². The fourth-order valence-corrected chi connectivity index (χ4v) is 3.89. The minimum atomic E-state index is -4.12. The van der Waals surface area contributed by atoms with Crippen LogP contribution in [0.1, 0.15) is 99.3 Å². The largest absolute Gasteiger partial charge is 0.389 e. The highest BCUT2D eigenvalue weighted by atomic mass is 19.4. The second-order valence-electron chi connectivity index (χ2n) is 8.53. The molecular weight excluding hydrogens is 431 g/mol. The third-order valence-corrected chi connectivity index (χ3v) is 6.41. The van der Waals surface area contributed by atoms with E-state index in [4.69, 9.17) is 15.2 Å². The number of alkyl halides is 3. The molecule has 5 nitrogen and oxygen atoms in total. The summed E-state index contributed by atoms with van der Waals surface area (Å²) in [4.78, 5) is 2.17. The number of rotatable bonds is 16. The predicted molar refractivity (Wildman–Crippen MR) is 133 cm³/mol. The van der Waals surface area contributed by atoms with Gasteiger partial charge in [-0.15, -0.1) is 0 Å². The summed E-state index contributed by atoms with van der Waals surface area (Å²) < 4.78 is 50.2. The Morgan fingerprint density at radius 3 is 1.73 bits per heavy atom. The molecule has 0 aromatic rings. The average molecular weight is 485 g/mol. The smallest absolute Gasteiger partial charge is 0.353 e. The van der Waals surface area contributed by atoms with Crippen LogP contribution in [-0.4, -0.2) is 67.8 Å². The van der Waals surface area contributed by atoms with Gasteiger partial charge in [-0.05, 0) is 47.5 Å². The number of methoxy groups -OCH3 is 2. The lowest BCUT2D eigenvalue weighted by Gasteiger charge is -2.35. The molecule has 0 aliphatic heterocycles. The van der Waals surface area contributed by atoms with E-state index in [1.165, 1.54) is 33.5 Å². The minimum absolute atomic E-state index is 0.0522. The molecule has 0 saturated carbocycles. The Balaban J connectivity index is 0. The van der Waals surface area contributed by atoms with Gasteiger partial charge in [-0.3, -0.25) is 15.2 Å². The summed E-state index contributed by atoms with van der Waals surface area (Å²) in [6.45, 7) is 16.3. The lowest BCUT2D eigenvalue weighted by atomic mass is 9.88. The van der Waals surface area contributed by atoms with E-state index in [1.54, 1.807) is 6.92 Å². The molecule has 0 amide bonds. The topological polar surface area (TPSA) is 50.7 Å². The third-order valence-electron chi connectivity index (χ3n) is 6.41. The van der Waals surface area contributed by atoms with Gasteiger partial charge in [0.1, 0.15) is 0 Å². The van der Waals surface area contributed by atoms with Crippen LogP contribution < -0.4 is 5.73 Å². The molecule has 0 rings (SSSR count). The Labute approximate surface area is 201 Å². The van der Waals surface area contributed by atoms with Gasteiger partial charge in [0, 0.05) is 26.6 Å². The maximum atomic E-state index is 12.5. The quantitative estimate of drug-likeness (QED) is 0.0905. The van der Waals surface area contributed by atoms with Crippen molar-refractivity contribution >= 4 is 5.96 Å². The van der Waals surface area contributed by atoms with Gasteiger partial charge in [-0.2, -0.15) is 13.2 Å². The number of guanidine groups is 1. The fourth-order valence-electron chi connectivity index (χ4n) is 3.89. The van der Waals surface area contributed by atoms with Crippen LogP contribution in [0.15, 0.2) is 0 Å². The van der Waals surface area contributed by atoms with Gasteiger partial charge in [0.15, 0.2) is 5.79 Å². The van der Waals surface area contributed by atoms with E-state index in [1.807, 2.05) is 0 Å². The van der Waals surface area contributed by atoms with Crippen LogP contribution in [0.25, 0.3) is 0 Å². The maximum absolute atomic E-state index is 12.5. The molecule has 0 radical (unpaired) electrons. The summed E-state index contributed by atoms with van der Waals surface area (Å²) in [6.07, 6.45) is 2.62. The second-order valence-corrected chi connectivity index (χ2v) is 8.53. The Morgan fingerprint density at radius 1 is 0.848 bits per heavy atom. The first-order chi connectivity index (χ1) is 15.5. The number of nitrogens with zero attached hydrogens (tertiary/aromatic N) is 2. The zero-order chi connectivity index (χ0) is 25.9. The first-order valence-electron chi connectivity index (χ1n) is 12.8. The molecule has 0 heterocycles. The van der Waals surface area contributed by atoms with Gasteiger partial charge in [-0.1, -0.05) is 45.4 Å². The van der Waals surface area contributed by atoms with Crippen molar-refractivity contribution in [2.45, 2.75) is 111 Å².